The lowest BCUT2D eigenvalue weighted by atomic mass is 10.0. The van der Waals surface area contributed by atoms with Crippen LogP contribution in [-0.2, 0) is 10.0 Å². The zero-order valence-corrected chi connectivity index (χ0v) is 14.9. The monoisotopic (exact) mass is 331 g/mol. The molecule has 2 rings (SSSR count). The molecule has 0 amide bonds. The Morgan fingerprint density at radius 2 is 1.57 bits per heavy atom. The number of nitrogens with zero attached hydrogens (tertiary/aromatic N) is 1. The molecule has 2 aromatic carbocycles. The highest BCUT2D eigenvalue weighted by atomic mass is 32.2. The van der Waals surface area contributed by atoms with Gasteiger partial charge in [-0.25, -0.2) is 8.42 Å². The van der Waals surface area contributed by atoms with Gasteiger partial charge in [0.15, 0.2) is 0 Å². The third kappa shape index (κ3) is 4.14. The molecule has 0 saturated heterocycles. The summed E-state index contributed by atoms with van der Waals surface area (Å²) < 4.78 is 27.5. The fourth-order valence-electron chi connectivity index (χ4n) is 2.43. The second kappa shape index (κ2) is 7.64. The van der Waals surface area contributed by atoms with E-state index in [1.807, 2.05) is 30.3 Å². The van der Waals surface area contributed by atoms with Crippen molar-refractivity contribution in [3.05, 3.63) is 60.2 Å². The second-order valence-electron chi connectivity index (χ2n) is 5.99. The number of hydrogen-bond donors (Lipinski definition) is 0. The molecule has 0 N–H and O–H groups in total. The van der Waals surface area contributed by atoms with Crippen LogP contribution >= 0.6 is 0 Å². The van der Waals surface area contributed by atoms with Gasteiger partial charge in [0.25, 0.3) is 10.0 Å². The van der Waals surface area contributed by atoms with E-state index in [0.29, 0.717) is 17.4 Å². The molecular formula is C19H25NO2S. The predicted octanol–water partition coefficient (Wildman–Crippen LogP) is 4.81. The second-order valence-corrected chi connectivity index (χ2v) is 7.85. The van der Waals surface area contributed by atoms with Crippen LogP contribution in [0.15, 0.2) is 59.5 Å². The van der Waals surface area contributed by atoms with Gasteiger partial charge in [0.1, 0.15) is 0 Å². The minimum absolute atomic E-state index is 0.337. The van der Waals surface area contributed by atoms with Gasteiger partial charge in [-0.3, -0.25) is 4.31 Å². The molecular weight excluding hydrogens is 306 g/mol. The Hall–Kier alpha value is -1.81. The molecule has 3 nitrogen and oxygen atoms in total. The summed E-state index contributed by atoms with van der Waals surface area (Å²) in [6, 6.07) is 16.5. The van der Waals surface area contributed by atoms with Gasteiger partial charge in [0.05, 0.1) is 10.6 Å². The van der Waals surface area contributed by atoms with Gasteiger partial charge in [-0.2, -0.15) is 0 Å². The third-order valence-corrected chi connectivity index (χ3v) is 5.74. The van der Waals surface area contributed by atoms with E-state index in [0.717, 1.165) is 18.5 Å². The Kier molecular flexibility index (Phi) is 5.83. The molecule has 0 aliphatic heterocycles. The molecule has 0 saturated carbocycles. The van der Waals surface area contributed by atoms with Gasteiger partial charge in [-0.1, -0.05) is 57.5 Å². The molecule has 0 unspecified atom stereocenters. The van der Waals surface area contributed by atoms with Crippen LogP contribution < -0.4 is 4.31 Å². The largest absolute Gasteiger partial charge is 0.266 e. The molecule has 0 bridgehead atoms. The zero-order valence-electron chi connectivity index (χ0n) is 14.1. The summed E-state index contributed by atoms with van der Waals surface area (Å²) in [6.07, 6.45) is 1.78. The highest BCUT2D eigenvalue weighted by molar-refractivity contribution is 7.92. The fraction of sp³-hybridized carbons (Fsp3) is 0.368. The number of sulfonamides is 1. The van der Waals surface area contributed by atoms with Gasteiger partial charge in [0, 0.05) is 6.54 Å². The van der Waals surface area contributed by atoms with E-state index in [4.69, 9.17) is 0 Å². The third-order valence-electron chi connectivity index (χ3n) is 3.89. The number of benzene rings is 2. The van der Waals surface area contributed by atoms with E-state index in [1.54, 1.807) is 24.3 Å². The van der Waals surface area contributed by atoms with E-state index < -0.39 is 10.0 Å². The summed E-state index contributed by atoms with van der Waals surface area (Å²) in [5.41, 5.74) is 1.94. The van der Waals surface area contributed by atoms with Crippen molar-refractivity contribution in [2.24, 2.45) is 0 Å². The Labute approximate surface area is 140 Å². The van der Waals surface area contributed by atoms with Crippen molar-refractivity contribution in [1.29, 1.82) is 0 Å². The molecule has 0 aromatic heterocycles. The van der Waals surface area contributed by atoms with Crippen LogP contribution in [0, 0.1) is 0 Å². The van der Waals surface area contributed by atoms with Crippen molar-refractivity contribution < 1.29 is 8.42 Å². The predicted molar refractivity (Wildman–Crippen MR) is 96.4 cm³/mol. The summed E-state index contributed by atoms with van der Waals surface area (Å²) in [7, 11) is -3.53. The van der Waals surface area contributed by atoms with Gasteiger partial charge in [0.2, 0.25) is 0 Å². The van der Waals surface area contributed by atoms with Crippen molar-refractivity contribution in [3.63, 3.8) is 0 Å². The van der Waals surface area contributed by atoms with Crippen LogP contribution in [0.25, 0.3) is 0 Å². The van der Waals surface area contributed by atoms with Crippen LogP contribution in [0.3, 0.4) is 0 Å². The summed E-state index contributed by atoms with van der Waals surface area (Å²) in [6.45, 7) is 6.82. The molecule has 0 atom stereocenters. The Bertz CT molecular complexity index is 707. The van der Waals surface area contributed by atoms with Gasteiger partial charge >= 0.3 is 0 Å². The zero-order chi connectivity index (χ0) is 16.9. The van der Waals surface area contributed by atoms with Crippen molar-refractivity contribution in [2.45, 2.75) is 44.4 Å². The highest BCUT2D eigenvalue weighted by Gasteiger charge is 2.24. The molecule has 23 heavy (non-hydrogen) atoms. The first kappa shape index (κ1) is 17.5. The van der Waals surface area contributed by atoms with Gasteiger partial charge in [-0.05, 0) is 42.2 Å². The molecule has 0 heterocycles. The van der Waals surface area contributed by atoms with Crippen molar-refractivity contribution in [3.8, 4) is 0 Å². The first-order valence-corrected chi connectivity index (χ1v) is 9.58. The van der Waals surface area contributed by atoms with Crippen LogP contribution in [0.4, 0.5) is 5.69 Å². The van der Waals surface area contributed by atoms with Crippen molar-refractivity contribution in [2.75, 3.05) is 10.8 Å². The molecule has 0 aliphatic rings. The molecule has 124 valence electrons. The van der Waals surface area contributed by atoms with E-state index in [-0.39, 0.29) is 0 Å². The van der Waals surface area contributed by atoms with Gasteiger partial charge < -0.3 is 0 Å². The van der Waals surface area contributed by atoms with Crippen molar-refractivity contribution >= 4 is 15.7 Å². The minimum atomic E-state index is -3.53. The van der Waals surface area contributed by atoms with E-state index >= 15 is 0 Å². The number of rotatable bonds is 7. The molecule has 0 fully saturated rings. The summed E-state index contributed by atoms with van der Waals surface area (Å²) in [5.74, 6) is 0.430. The Morgan fingerprint density at radius 1 is 0.957 bits per heavy atom. The topological polar surface area (TPSA) is 37.4 Å². The van der Waals surface area contributed by atoms with E-state index in [9.17, 15) is 8.42 Å². The summed E-state index contributed by atoms with van der Waals surface area (Å²) >= 11 is 0. The number of hydrogen-bond acceptors (Lipinski definition) is 2. The maximum absolute atomic E-state index is 13.0. The van der Waals surface area contributed by atoms with Crippen LogP contribution in [0.2, 0.25) is 0 Å². The van der Waals surface area contributed by atoms with Crippen LogP contribution in [0.5, 0.6) is 0 Å². The van der Waals surface area contributed by atoms with E-state index in [2.05, 4.69) is 20.8 Å². The Balaban J connectivity index is 2.40. The normalized spacial score (nSPS) is 11.7. The first-order chi connectivity index (χ1) is 11.0. The summed E-state index contributed by atoms with van der Waals surface area (Å²) in [4.78, 5) is 0.337. The Morgan fingerprint density at radius 3 is 2.09 bits per heavy atom. The number of anilines is 1. The average Bonchev–Trinajstić information content (AvgIpc) is 2.56. The highest BCUT2D eigenvalue weighted by Crippen LogP contribution is 2.26. The lowest BCUT2D eigenvalue weighted by molar-refractivity contribution is 0.588. The standard InChI is InChI=1S/C19H25NO2S/c1-4-5-15-20(18-13-11-17(12-14-18)16(2)3)23(21,22)19-9-7-6-8-10-19/h6-14,16H,4-5,15H2,1-3H3. The maximum atomic E-state index is 13.0. The average molecular weight is 331 g/mol. The molecule has 0 aliphatic carbocycles. The molecule has 2 aromatic rings. The quantitative estimate of drug-likeness (QED) is 0.730. The van der Waals surface area contributed by atoms with Gasteiger partial charge in [-0.15, -0.1) is 0 Å². The van der Waals surface area contributed by atoms with Crippen LogP contribution in [0.1, 0.15) is 45.1 Å². The lowest BCUT2D eigenvalue weighted by Gasteiger charge is -2.25. The smallest absolute Gasteiger partial charge is 0.264 e. The van der Waals surface area contributed by atoms with Crippen LogP contribution in [-0.4, -0.2) is 15.0 Å². The number of unbranched alkanes of at least 4 members (excludes halogenated alkanes) is 1. The SMILES string of the molecule is CCCCN(c1ccc(C(C)C)cc1)S(=O)(=O)c1ccccc1. The van der Waals surface area contributed by atoms with Crippen molar-refractivity contribution in [1.82, 2.24) is 0 Å². The fourth-order valence-corrected chi connectivity index (χ4v) is 3.96. The lowest BCUT2D eigenvalue weighted by Crippen LogP contribution is -2.32. The van der Waals surface area contributed by atoms with E-state index in [1.165, 1.54) is 9.87 Å². The molecule has 0 spiro atoms. The minimum Gasteiger partial charge on any atom is -0.266 e. The maximum Gasteiger partial charge on any atom is 0.264 e. The molecule has 4 heteroatoms. The molecule has 0 radical (unpaired) electrons. The first-order valence-electron chi connectivity index (χ1n) is 8.14. The summed E-state index contributed by atoms with van der Waals surface area (Å²) in [5, 5.41) is 0.